The number of carbonyl (C=O) groups excluding carboxylic acids is 6. The molecule has 4 aliphatic heterocycles. The molecule has 2 atom stereocenters. The van der Waals surface area contributed by atoms with Crippen molar-refractivity contribution in [3.63, 3.8) is 0 Å². The molecule has 6 amide bonds. The highest BCUT2D eigenvalue weighted by Crippen LogP contribution is 2.43. The Hall–Kier alpha value is -7.58. The van der Waals surface area contributed by atoms with Gasteiger partial charge in [-0.05, 0) is 104 Å². The highest BCUT2D eigenvalue weighted by atomic mass is 33.1. The van der Waals surface area contributed by atoms with Gasteiger partial charge in [0.15, 0.2) is 23.0 Å². The van der Waals surface area contributed by atoms with E-state index in [1.165, 1.54) is 14.2 Å². The number of methoxy groups -OCH3 is 2. The fourth-order valence-electron chi connectivity index (χ4n) is 9.78. The van der Waals surface area contributed by atoms with Crippen LogP contribution in [0.15, 0.2) is 91.0 Å². The van der Waals surface area contributed by atoms with Crippen LogP contribution in [0.2, 0.25) is 0 Å². The molecule has 75 heavy (non-hydrogen) atoms. The van der Waals surface area contributed by atoms with Gasteiger partial charge in [0, 0.05) is 53.5 Å². The second-order valence-corrected chi connectivity index (χ2v) is 22.3. The molecular weight excluding hydrogens is 997 g/mol. The topological polar surface area (TPSA) is 218 Å². The maximum absolute atomic E-state index is 14.1. The van der Waals surface area contributed by atoms with Gasteiger partial charge >= 0.3 is 0 Å². The Morgan fingerprint density at radius 2 is 1.09 bits per heavy atom. The van der Waals surface area contributed by atoms with Crippen LogP contribution in [0.1, 0.15) is 69.7 Å². The molecule has 9 rings (SSSR count). The highest BCUT2D eigenvalue weighted by Gasteiger charge is 2.39. The van der Waals surface area contributed by atoms with Crippen LogP contribution in [-0.2, 0) is 45.2 Å². The third kappa shape index (κ3) is 12.0. The van der Waals surface area contributed by atoms with E-state index in [1.807, 2.05) is 70.7 Å². The first-order chi connectivity index (χ1) is 36.2. The van der Waals surface area contributed by atoms with Gasteiger partial charge in [-0.15, -0.1) is 0 Å². The molecule has 0 saturated carbocycles. The van der Waals surface area contributed by atoms with E-state index in [-0.39, 0.29) is 60.7 Å². The largest absolute Gasteiger partial charge is 0.493 e. The molecule has 5 aromatic carbocycles. The van der Waals surface area contributed by atoms with Crippen LogP contribution in [0.25, 0.3) is 0 Å². The lowest BCUT2D eigenvalue weighted by Crippen LogP contribution is -2.43. The minimum atomic E-state index is -0.607. The minimum absolute atomic E-state index is 0.00286. The van der Waals surface area contributed by atoms with Crippen molar-refractivity contribution in [3.05, 3.63) is 124 Å². The van der Waals surface area contributed by atoms with Crippen LogP contribution >= 0.6 is 21.6 Å². The summed E-state index contributed by atoms with van der Waals surface area (Å²) in [7, 11) is 6.33. The molecule has 4 aliphatic rings. The average molecular weight is 1060 g/mol. The lowest BCUT2D eigenvalue weighted by molar-refractivity contribution is -0.128. The summed E-state index contributed by atoms with van der Waals surface area (Å²) in [6.45, 7) is 4.07. The molecular formula is C55H60N8O10S2. The summed E-state index contributed by atoms with van der Waals surface area (Å²) in [4.78, 5) is 82.7. The zero-order valence-electron chi connectivity index (χ0n) is 42.4. The van der Waals surface area contributed by atoms with Gasteiger partial charge in [-0.25, -0.2) is 0 Å². The molecule has 6 N–H and O–H groups in total. The van der Waals surface area contributed by atoms with E-state index in [1.54, 1.807) is 58.0 Å². The molecule has 5 aromatic rings. The molecule has 392 valence electrons. The average Bonchev–Trinajstić information content (AvgIpc) is 3.90. The molecule has 0 bridgehead atoms. The van der Waals surface area contributed by atoms with Crippen molar-refractivity contribution in [3.8, 4) is 23.0 Å². The Bertz CT molecular complexity index is 2890. The smallest absolute Gasteiger partial charge is 0.260 e. The van der Waals surface area contributed by atoms with Crippen molar-refractivity contribution < 1.29 is 47.7 Å². The van der Waals surface area contributed by atoms with Gasteiger partial charge in [-0.1, -0.05) is 58.0 Å². The van der Waals surface area contributed by atoms with Gasteiger partial charge in [0.2, 0.25) is 23.6 Å². The molecule has 0 saturated heterocycles. The minimum Gasteiger partial charge on any atom is -0.493 e. The predicted octanol–water partition coefficient (Wildman–Crippen LogP) is 6.71. The maximum Gasteiger partial charge on any atom is 0.260 e. The number of nitrogens with one attached hydrogen (secondary N) is 6. The van der Waals surface area contributed by atoms with Gasteiger partial charge in [0.05, 0.1) is 68.4 Å². The number of anilines is 5. The Labute approximate surface area is 443 Å². The monoisotopic (exact) mass is 1060 g/mol. The van der Waals surface area contributed by atoms with E-state index in [4.69, 9.17) is 18.9 Å². The van der Waals surface area contributed by atoms with Crippen molar-refractivity contribution in [1.82, 2.24) is 16.0 Å². The Morgan fingerprint density at radius 3 is 1.57 bits per heavy atom. The predicted molar refractivity (Wildman–Crippen MR) is 292 cm³/mol. The molecule has 0 aliphatic carbocycles. The summed E-state index contributed by atoms with van der Waals surface area (Å²) in [6, 6.07) is 27.9. The molecule has 20 heteroatoms. The second-order valence-electron chi connectivity index (χ2n) is 19.2. The standard InChI is InChI=1S/C55H60N8O10S2/c1-55(2,75-74-5)15-14-49(64)58-27-50(65)59-28-51(66)60-29-52(67)61-36-17-32(30-72-47-23-41-39(21-45(47)70-3)53(68)62-37(25-56-41)19-34-10-6-8-12-43(34)62)16-33(18-36)31-73-48-24-42-40(22-46(48)71-4)54(69)63-38(26-57-42)20-35-11-7-9-13-44(35)63/h6-13,16-18,21-24,37-38,56-57H,14-15,19-20,25-31H2,1-5H3,(H,58,64)(H,59,65)(H,60,66)(H,61,67)/t37-,38-/m0/s1. The number of hydrogen-bond acceptors (Lipinski definition) is 14. The van der Waals surface area contributed by atoms with E-state index >= 15 is 0 Å². The van der Waals surface area contributed by atoms with Crippen molar-refractivity contribution in [2.24, 2.45) is 0 Å². The number of amides is 6. The number of rotatable bonds is 20. The molecule has 18 nitrogen and oxygen atoms in total. The highest BCUT2D eigenvalue weighted by molar-refractivity contribution is 8.76. The Morgan fingerprint density at radius 1 is 0.627 bits per heavy atom. The Kier molecular flexibility index (Phi) is 16.0. The number of nitrogens with zero attached hydrogens (tertiary/aromatic N) is 2. The van der Waals surface area contributed by atoms with Gasteiger partial charge in [-0.2, -0.15) is 0 Å². The van der Waals surface area contributed by atoms with E-state index in [9.17, 15) is 28.8 Å². The number of hydrogen-bond donors (Lipinski definition) is 6. The summed E-state index contributed by atoms with van der Waals surface area (Å²) in [5, 5.41) is 17.3. The second kappa shape index (κ2) is 22.9. The third-order valence-electron chi connectivity index (χ3n) is 13.4. The van der Waals surface area contributed by atoms with Crippen molar-refractivity contribution in [1.29, 1.82) is 0 Å². The van der Waals surface area contributed by atoms with Crippen LogP contribution in [0.5, 0.6) is 23.0 Å². The number of benzene rings is 5. The molecule has 0 spiro atoms. The number of fused-ring (bicyclic) bond motifs is 8. The van der Waals surface area contributed by atoms with Crippen molar-refractivity contribution in [2.45, 2.75) is 69.6 Å². The van der Waals surface area contributed by atoms with E-state index in [0.29, 0.717) is 81.8 Å². The first-order valence-electron chi connectivity index (χ1n) is 24.7. The molecule has 0 radical (unpaired) electrons. The summed E-state index contributed by atoms with van der Waals surface area (Å²) >= 11 is 0. The van der Waals surface area contributed by atoms with Crippen molar-refractivity contribution >= 4 is 85.5 Å². The van der Waals surface area contributed by atoms with Gasteiger partial charge < -0.3 is 60.6 Å². The fourth-order valence-corrected chi connectivity index (χ4v) is 12.0. The lowest BCUT2D eigenvalue weighted by Gasteiger charge is -2.23. The molecule has 0 aromatic heterocycles. The summed E-state index contributed by atoms with van der Waals surface area (Å²) < 4.78 is 24.3. The van der Waals surface area contributed by atoms with Crippen LogP contribution in [0.3, 0.4) is 0 Å². The van der Waals surface area contributed by atoms with Crippen LogP contribution in [0.4, 0.5) is 28.4 Å². The fraction of sp³-hybridized carbons (Fsp3) is 0.345. The van der Waals surface area contributed by atoms with Gasteiger partial charge in [-0.3, -0.25) is 28.8 Å². The summed E-state index contributed by atoms with van der Waals surface area (Å²) in [5.74, 6) is -0.772. The summed E-state index contributed by atoms with van der Waals surface area (Å²) in [6.07, 6.45) is 4.34. The molecule has 0 fully saturated rings. The normalized spacial score (nSPS) is 16.0. The van der Waals surface area contributed by atoms with E-state index in [0.717, 1.165) is 35.3 Å². The number of para-hydroxylation sites is 2. The van der Waals surface area contributed by atoms with Gasteiger partial charge in [0.25, 0.3) is 11.8 Å². The van der Waals surface area contributed by atoms with Crippen LogP contribution in [0, 0.1) is 0 Å². The van der Waals surface area contributed by atoms with Gasteiger partial charge in [0.1, 0.15) is 13.2 Å². The number of ether oxygens (including phenoxy) is 4. The third-order valence-corrected chi connectivity index (χ3v) is 16.1. The molecule has 4 heterocycles. The lowest BCUT2D eigenvalue weighted by atomic mass is 10.1. The van der Waals surface area contributed by atoms with E-state index in [2.05, 4.69) is 45.7 Å². The maximum atomic E-state index is 14.1. The van der Waals surface area contributed by atoms with E-state index < -0.39 is 30.8 Å². The number of carbonyl (C=O) groups is 6. The first-order valence-corrected chi connectivity index (χ1v) is 27.2. The quantitative estimate of drug-likeness (QED) is 0.0447. The van der Waals surface area contributed by atoms with Crippen molar-refractivity contribution in [2.75, 3.05) is 78.9 Å². The SMILES string of the molecule is COc1cc2c(cc1OCc1cc(COc3cc4c(cc3OC)C(=O)N3c5ccccc5C[C@H]3CN4)cc(NC(=O)CNC(=O)CNC(=O)CNC(=O)CCC(C)(C)SSC)c1)NC[C@@H]1Cc3ccccc3N1C2=O. The zero-order chi connectivity index (χ0) is 52.8. The molecule has 0 unspecified atom stereocenters. The van der Waals surface area contributed by atoms with Crippen LogP contribution < -0.4 is 60.6 Å². The zero-order valence-corrected chi connectivity index (χ0v) is 44.0. The Balaban J connectivity index is 0.885. The summed E-state index contributed by atoms with van der Waals surface area (Å²) in [5.41, 5.74) is 7.80. The first kappa shape index (κ1) is 52.3. The van der Waals surface area contributed by atoms with Crippen LogP contribution in [-0.4, -0.2) is 105 Å².